The van der Waals surface area contributed by atoms with Crippen LogP contribution in [0.2, 0.25) is 0 Å². The number of carbonyl (C=O) groups excluding carboxylic acids is 1. The summed E-state index contributed by atoms with van der Waals surface area (Å²) in [4.78, 5) is 12.3. The van der Waals surface area contributed by atoms with Crippen LogP contribution in [-0.2, 0) is 19.9 Å². The van der Waals surface area contributed by atoms with Gasteiger partial charge in [-0.15, -0.1) is 0 Å². The molecule has 1 aromatic carbocycles. The molecule has 0 aliphatic carbocycles. The highest BCUT2D eigenvalue weighted by atomic mass is 16.1. The third-order valence-corrected chi connectivity index (χ3v) is 3.22. The van der Waals surface area contributed by atoms with Crippen LogP contribution in [-0.4, -0.2) is 15.6 Å². The number of benzene rings is 1. The Bertz CT molecular complexity index is 591. The Morgan fingerprint density at radius 2 is 1.79 bits per heavy atom. The molecule has 1 heterocycles. The molecule has 0 unspecified atom stereocenters. The van der Waals surface area contributed by atoms with Crippen molar-refractivity contribution >= 4 is 5.78 Å². The molecule has 0 saturated heterocycles. The molecule has 3 nitrogen and oxygen atoms in total. The van der Waals surface area contributed by atoms with Crippen LogP contribution in [0.1, 0.15) is 39.8 Å². The molecule has 0 saturated carbocycles. The summed E-state index contributed by atoms with van der Waals surface area (Å²) in [6, 6.07) is 8.15. The molecule has 0 atom stereocenters. The lowest BCUT2D eigenvalue weighted by Crippen LogP contribution is -2.09. The van der Waals surface area contributed by atoms with Crippen LogP contribution < -0.4 is 0 Å². The van der Waals surface area contributed by atoms with E-state index in [4.69, 9.17) is 0 Å². The summed E-state index contributed by atoms with van der Waals surface area (Å²) in [5.74, 6) is 0.125. The van der Waals surface area contributed by atoms with Crippen molar-refractivity contribution in [3.63, 3.8) is 0 Å². The molecule has 100 valence electrons. The molecule has 0 spiro atoms. The van der Waals surface area contributed by atoms with Gasteiger partial charge in [-0.2, -0.15) is 5.10 Å². The van der Waals surface area contributed by atoms with Crippen molar-refractivity contribution in [1.29, 1.82) is 0 Å². The highest BCUT2D eigenvalue weighted by molar-refractivity contribution is 5.96. The molecular formula is C16H20N2O. The van der Waals surface area contributed by atoms with Gasteiger partial charge >= 0.3 is 0 Å². The first-order valence-corrected chi connectivity index (χ1v) is 6.63. The van der Waals surface area contributed by atoms with Crippen molar-refractivity contribution in [2.24, 2.45) is 7.05 Å². The predicted molar refractivity (Wildman–Crippen MR) is 76.5 cm³/mol. The zero-order chi connectivity index (χ0) is 14.0. The van der Waals surface area contributed by atoms with Gasteiger partial charge in [-0.3, -0.25) is 9.48 Å². The van der Waals surface area contributed by atoms with Crippen molar-refractivity contribution in [1.82, 2.24) is 9.78 Å². The van der Waals surface area contributed by atoms with Crippen molar-refractivity contribution in [3.05, 3.63) is 52.3 Å². The normalized spacial score (nSPS) is 10.7. The zero-order valence-corrected chi connectivity index (χ0v) is 12.0. The third-order valence-electron chi connectivity index (χ3n) is 3.22. The molecule has 2 rings (SSSR count). The standard InChI is InChI=1S/C16H20N2O/c1-5-14-10-15(18(4)17-14)16(19)9-13-7-11(2)6-12(3)8-13/h6-8,10H,5,9H2,1-4H3. The molecule has 0 amide bonds. The summed E-state index contributed by atoms with van der Waals surface area (Å²) in [7, 11) is 1.83. The van der Waals surface area contributed by atoms with Gasteiger partial charge in [0.2, 0.25) is 0 Å². The Balaban J connectivity index is 2.22. The van der Waals surface area contributed by atoms with E-state index in [2.05, 4.69) is 37.1 Å². The van der Waals surface area contributed by atoms with Crippen LogP contribution in [0.4, 0.5) is 0 Å². The monoisotopic (exact) mass is 256 g/mol. The highest BCUT2D eigenvalue weighted by Crippen LogP contribution is 2.13. The second kappa shape index (κ2) is 5.39. The van der Waals surface area contributed by atoms with E-state index in [1.54, 1.807) is 4.68 Å². The Morgan fingerprint density at radius 3 is 2.32 bits per heavy atom. The van der Waals surface area contributed by atoms with Crippen LogP contribution in [0.25, 0.3) is 0 Å². The number of Topliss-reactive ketones (excluding diaryl/α,β-unsaturated/α-hetero) is 1. The predicted octanol–water partition coefficient (Wildman–Crippen LogP) is 3.02. The highest BCUT2D eigenvalue weighted by Gasteiger charge is 2.13. The van der Waals surface area contributed by atoms with E-state index in [0.29, 0.717) is 12.1 Å². The first-order valence-electron chi connectivity index (χ1n) is 6.63. The van der Waals surface area contributed by atoms with E-state index < -0.39 is 0 Å². The van der Waals surface area contributed by atoms with Gasteiger partial charge in [0.25, 0.3) is 0 Å². The van der Waals surface area contributed by atoms with Gasteiger partial charge < -0.3 is 0 Å². The van der Waals surface area contributed by atoms with Crippen LogP contribution in [0.5, 0.6) is 0 Å². The number of carbonyl (C=O) groups is 1. The first kappa shape index (κ1) is 13.5. The molecular weight excluding hydrogens is 236 g/mol. The summed E-state index contributed by atoms with van der Waals surface area (Å²) < 4.78 is 1.68. The Labute approximate surface area is 114 Å². The summed E-state index contributed by atoms with van der Waals surface area (Å²) in [5.41, 5.74) is 5.12. The summed E-state index contributed by atoms with van der Waals surface area (Å²) >= 11 is 0. The van der Waals surface area contributed by atoms with Gasteiger partial charge in [-0.25, -0.2) is 0 Å². The maximum Gasteiger partial charge on any atom is 0.185 e. The minimum Gasteiger partial charge on any atom is -0.292 e. The van der Waals surface area contributed by atoms with Gasteiger partial charge in [0.05, 0.1) is 5.69 Å². The van der Waals surface area contributed by atoms with Crippen molar-refractivity contribution in [2.75, 3.05) is 0 Å². The lowest BCUT2D eigenvalue weighted by molar-refractivity contribution is 0.0984. The largest absolute Gasteiger partial charge is 0.292 e. The van der Waals surface area contributed by atoms with E-state index in [9.17, 15) is 4.79 Å². The first-order chi connectivity index (χ1) is 8.99. The molecule has 2 aromatic rings. The third kappa shape index (κ3) is 3.11. The molecule has 0 aliphatic heterocycles. The van der Waals surface area contributed by atoms with Gasteiger partial charge in [0.1, 0.15) is 5.69 Å². The second-order valence-electron chi connectivity index (χ2n) is 5.09. The quantitative estimate of drug-likeness (QED) is 0.788. The minimum atomic E-state index is 0.125. The Morgan fingerprint density at radius 1 is 1.16 bits per heavy atom. The lowest BCUT2D eigenvalue weighted by atomic mass is 10.0. The average molecular weight is 256 g/mol. The molecule has 0 radical (unpaired) electrons. The maximum atomic E-state index is 12.3. The Hall–Kier alpha value is -1.90. The number of aryl methyl sites for hydroxylation is 4. The van der Waals surface area contributed by atoms with Crippen molar-refractivity contribution in [3.8, 4) is 0 Å². The summed E-state index contributed by atoms with van der Waals surface area (Å²) in [5, 5.41) is 4.32. The zero-order valence-electron chi connectivity index (χ0n) is 12.0. The SMILES string of the molecule is CCc1cc(C(=O)Cc2cc(C)cc(C)c2)n(C)n1. The molecule has 0 N–H and O–H groups in total. The van der Waals surface area contributed by atoms with E-state index in [1.165, 1.54) is 11.1 Å². The van der Waals surface area contributed by atoms with Crippen LogP contribution >= 0.6 is 0 Å². The number of hydrogen-bond acceptors (Lipinski definition) is 2. The lowest BCUT2D eigenvalue weighted by Gasteiger charge is -2.05. The molecule has 0 aliphatic rings. The van der Waals surface area contributed by atoms with E-state index in [0.717, 1.165) is 17.7 Å². The smallest absolute Gasteiger partial charge is 0.185 e. The maximum absolute atomic E-state index is 12.3. The molecule has 0 fully saturated rings. The molecule has 1 aromatic heterocycles. The second-order valence-corrected chi connectivity index (χ2v) is 5.09. The van der Waals surface area contributed by atoms with Crippen molar-refractivity contribution < 1.29 is 4.79 Å². The number of rotatable bonds is 4. The number of nitrogens with zero attached hydrogens (tertiary/aromatic N) is 2. The topological polar surface area (TPSA) is 34.9 Å². The van der Waals surface area contributed by atoms with Crippen LogP contribution in [0.3, 0.4) is 0 Å². The number of aromatic nitrogens is 2. The van der Waals surface area contributed by atoms with Gasteiger partial charge in [-0.05, 0) is 31.9 Å². The fraction of sp³-hybridized carbons (Fsp3) is 0.375. The van der Waals surface area contributed by atoms with Gasteiger partial charge in [0, 0.05) is 13.5 Å². The van der Waals surface area contributed by atoms with Crippen LogP contribution in [0, 0.1) is 13.8 Å². The summed E-state index contributed by atoms with van der Waals surface area (Å²) in [6.07, 6.45) is 1.29. The minimum absolute atomic E-state index is 0.125. The van der Waals surface area contributed by atoms with E-state index >= 15 is 0 Å². The average Bonchev–Trinajstić information content (AvgIpc) is 2.69. The molecule has 0 bridgehead atoms. The van der Waals surface area contributed by atoms with Gasteiger partial charge in [-0.1, -0.05) is 36.2 Å². The fourth-order valence-corrected chi connectivity index (χ4v) is 2.41. The van der Waals surface area contributed by atoms with Crippen molar-refractivity contribution in [2.45, 2.75) is 33.6 Å². The fourth-order valence-electron chi connectivity index (χ4n) is 2.41. The summed E-state index contributed by atoms with van der Waals surface area (Å²) in [6.45, 7) is 6.15. The molecule has 19 heavy (non-hydrogen) atoms. The van der Waals surface area contributed by atoms with Gasteiger partial charge in [0.15, 0.2) is 5.78 Å². The Kier molecular flexibility index (Phi) is 3.84. The number of hydrogen-bond donors (Lipinski definition) is 0. The molecule has 3 heteroatoms. The number of ketones is 1. The van der Waals surface area contributed by atoms with E-state index in [1.807, 2.05) is 20.0 Å². The van der Waals surface area contributed by atoms with E-state index in [-0.39, 0.29) is 5.78 Å². The van der Waals surface area contributed by atoms with Crippen LogP contribution in [0.15, 0.2) is 24.3 Å².